The van der Waals surface area contributed by atoms with E-state index in [4.69, 9.17) is 0 Å². The van der Waals surface area contributed by atoms with Gasteiger partial charge in [-0.25, -0.2) is 14.6 Å². The number of aromatic nitrogens is 6. The lowest BCUT2D eigenvalue weighted by Gasteiger charge is -2.06. The lowest BCUT2D eigenvalue weighted by atomic mass is 10.3. The average Bonchev–Trinajstić information content (AvgIpc) is 3.01. The molecule has 9 heteroatoms. The average molecular weight is 341 g/mol. The maximum absolute atomic E-state index is 11.9. The van der Waals surface area contributed by atoms with Crippen LogP contribution in [0.3, 0.4) is 0 Å². The topological polar surface area (TPSA) is 98.5 Å². The fraction of sp³-hybridized carbons (Fsp3) is 0.200. The van der Waals surface area contributed by atoms with Gasteiger partial charge in [-0.15, -0.1) is 5.10 Å². The van der Waals surface area contributed by atoms with E-state index >= 15 is 0 Å². The first kappa shape index (κ1) is 16.1. The Bertz CT molecular complexity index is 813. The summed E-state index contributed by atoms with van der Waals surface area (Å²) in [5, 5.41) is 14.1. The van der Waals surface area contributed by atoms with Crippen molar-refractivity contribution in [3.8, 4) is 0 Å². The Balaban J connectivity index is 1.61. The Morgan fingerprint density at radius 2 is 1.88 bits per heavy atom. The summed E-state index contributed by atoms with van der Waals surface area (Å²) >= 11 is 1.48. The van der Waals surface area contributed by atoms with Crippen LogP contribution in [0.25, 0.3) is 0 Å². The molecule has 0 saturated heterocycles. The Morgan fingerprint density at radius 1 is 1.17 bits per heavy atom. The highest BCUT2D eigenvalue weighted by Gasteiger charge is 2.06. The van der Waals surface area contributed by atoms with Crippen molar-refractivity contribution in [2.45, 2.75) is 30.4 Å². The summed E-state index contributed by atoms with van der Waals surface area (Å²) in [7, 11) is 0. The van der Waals surface area contributed by atoms with Gasteiger partial charge in [-0.05, 0) is 66.4 Å². The van der Waals surface area contributed by atoms with E-state index < -0.39 is 0 Å². The van der Waals surface area contributed by atoms with Gasteiger partial charge < -0.3 is 5.32 Å². The van der Waals surface area contributed by atoms with E-state index in [1.54, 1.807) is 0 Å². The second-order valence-corrected chi connectivity index (χ2v) is 6.16. The molecule has 0 atom stereocenters. The molecule has 1 aromatic carbocycles. The van der Waals surface area contributed by atoms with Gasteiger partial charge in [0, 0.05) is 22.0 Å². The fourth-order valence-corrected chi connectivity index (χ4v) is 2.91. The second kappa shape index (κ2) is 7.18. The third kappa shape index (κ3) is 4.35. The number of aryl methyl sites for hydroxylation is 2. The molecule has 122 valence electrons. The number of rotatable bonds is 5. The Kier molecular flexibility index (Phi) is 4.80. The highest BCUT2D eigenvalue weighted by atomic mass is 32.2. The van der Waals surface area contributed by atoms with Gasteiger partial charge in [0.2, 0.25) is 5.91 Å². The number of nitrogens with zero attached hydrogens (tertiary/aromatic N) is 6. The SMILES string of the molecule is Cc1cc(C)nc(Sc2ccc(NC(=O)Cn3cnnn3)cc2)n1. The number of carbonyl (C=O) groups is 1. The van der Waals surface area contributed by atoms with Crippen molar-refractivity contribution in [1.82, 2.24) is 30.2 Å². The van der Waals surface area contributed by atoms with Crippen LogP contribution >= 0.6 is 11.8 Å². The van der Waals surface area contributed by atoms with Gasteiger partial charge in [-0.3, -0.25) is 4.79 Å². The normalized spacial score (nSPS) is 10.6. The minimum atomic E-state index is -0.194. The van der Waals surface area contributed by atoms with Crippen molar-refractivity contribution in [3.05, 3.63) is 48.0 Å². The van der Waals surface area contributed by atoms with E-state index in [0.717, 1.165) is 16.3 Å². The third-order valence-electron chi connectivity index (χ3n) is 3.01. The zero-order valence-corrected chi connectivity index (χ0v) is 14.0. The van der Waals surface area contributed by atoms with Crippen LogP contribution < -0.4 is 5.32 Å². The van der Waals surface area contributed by atoms with Crippen molar-refractivity contribution in [2.75, 3.05) is 5.32 Å². The number of anilines is 1. The highest BCUT2D eigenvalue weighted by Crippen LogP contribution is 2.26. The maximum Gasteiger partial charge on any atom is 0.246 e. The molecule has 0 spiro atoms. The van der Waals surface area contributed by atoms with Crippen LogP contribution in [0, 0.1) is 13.8 Å². The molecule has 1 N–H and O–H groups in total. The van der Waals surface area contributed by atoms with Gasteiger partial charge in [0.25, 0.3) is 0 Å². The summed E-state index contributed by atoms with van der Waals surface area (Å²) in [6, 6.07) is 9.44. The van der Waals surface area contributed by atoms with Crippen molar-refractivity contribution in [3.63, 3.8) is 0 Å². The Morgan fingerprint density at radius 3 is 2.50 bits per heavy atom. The minimum Gasteiger partial charge on any atom is -0.324 e. The van der Waals surface area contributed by atoms with Crippen molar-refractivity contribution >= 4 is 23.4 Å². The Hall–Kier alpha value is -2.81. The number of amides is 1. The molecule has 0 aliphatic heterocycles. The molecule has 1 amide bonds. The molecule has 0 bridgehead atoms. The number of carbonyl (C=O) groups excluding carboxylic acids is 1. The number of hydrogen-bond donors (Lipinski definition) is 1. The molecule has 24 heavy (non-hydrogen) atoms. The van der Waals surface area contributed by atoms with Gasteiger partial charge in [-0.2, -0.15) is 0 Å². The van der Waals surface area contributed by atoms with E-state index in [1.807, 2.05) is 44.2 Å². The van der Waals surface area contributed by atoms with Crippen LogP contribution in [0.2, 0.25) is 0 Å². The van der Waals surface area contributed by atoms with Crippen LogP contribution in [0.15, 0.2) is 46.7 Å². The molecule has 0 fully saturated rings. The van der Waals surface area contributed by atoms with E-state index in [2.05, 4.69) is 30.8 Å². The summed E-state index contributed by atoms with van der Waals surface area (Å²) in [6.07, 6.45) is 1.39. The number of nitrogens with one attached hydrogen (secondary N) is 1. The van der Waals surface area contributed by atoms with Crippen LogP contribution in [0.5, 0.6) is 0 Å². The largest absolute Gasteiger partial charge is 0.324 e. The quantitative estimate of drug-likeness (QED) is 0.707. The summed E-state index contributed by atoms with van der Waals surface area (Å²) in [6.45, 7) is 3.96. The van der Waals surface area contributed by atoms with E-state index in [1.165, 1.54) is 22.8 Å². The summed E-state index contributed by atoms with van der Waals surface area (Å²) in [5.41, 5.74) is 2.59. The van der Waals surface area contributed by atoms with E-state index in [0.29, 0.717) is 10.8 Å². The first-order valence-corrected chi connectivity index (χ1v) is 8.01. The van der Waals surface area contributed by atoms with Crippen molar-refractivity contribution in [2.24, 2.45) is 0 Å². The van der Waals surface area contributed by atoms with Gasteiger partial charge >= 0.3 is 0 Å². The maximum atomic E-state index is 11.9. The lowest BCUT2D eigenvalue weighted by molar-refractivity contribution is -0.116. The van der Waals surface area contributed by atoms with Crippen LogP contribution in [-0.2, 0) is 11.3 Å². The third-order valence-corrected chi connectivity index (χ3v) is 3.88. The number of tetrazole rings is 1. The van der Waals surface area contributed by atoms with E-state index in [9.17, 15) is 4.79 Å². The highest BCUT2D eigenvalue weighted by molar-refractivity contribution is 7.99. The number of benzene rings is 1. The van der Waals surface area contributed by atoms with Crippen molar-refractivity contribution in [1.29, 1.82) is 0 Å². The molecule has 2 aromatic heterocycles. The van der Waals surface area contributed by atoms with E-state index in [-0.39, 0.29) is 12.5 Å². The molecule has 8 nitrogen and oxygen atoms in total. The molecule has 0 unspecified atom stereocenters. The molecule has 3 rings (SSSR count). The smallest absolute Gasteiger partial charge is 0.246 e. The molecule has 0 saturated carbocycles. The van der Waals surface area contributed by atoms with Crippen molar-refractivity contribution < 1.29 is 4.79 Å². The van der Waals surface area contributed by atoms with Crippen LogP contribution in [0.1, 0.15) is 11.4 Å². The summed E-state index contributed by atoms with van der Waals surface area (Å²) < 4.78 is 1.36. The second-order valence-electron chi connectivity index (χ2n) is 5.12. The lowest BCUT2D eigenvalue weighted by Crippen LogP contribution is -2.19. The zero-order valence-electron chi connectivity index (χ0n) is 13.2. The summed E-state index contributed by atoms with van der Waals surface area (Å²) in [4.78, 5) is 21.7. The Labute approximate surface area is 142 Å². The molecule has 2 heterocycles. The predicted molar refractivity (Wildman–Crippen MR) is 88.5 cm³/mol. The van der Waals surface area contributed by atoms with Gasteiger partial charge in [0.15, 0.2) is 5.16 Å². The monoisotopic (exact) mass is 341 g/mol. The molecule has 0 aliphatic rings. The fourth-order valence-electron chi connectivity index (χ4n) is 2.05. The van der Waals surface area contributed by atoms with Crippen LogP contribution in [0.4, 0.5) is 5.69 Å². The number of hydrogen-bond acceptors (Lipinski definition) is 7. The predicted octanol–water partition coefficient (Wildman–Crippen LogP) is 1.87. The summed E-state index contributed by atoms with van der Waals surface area (Å²) in [5.74, 6) is -0.194. The first-order chi connectivity index (χ1) is 11.6. The minimum absolute atomic E-state index is 0.0694. The molecule has 0 radical (unpaired) electrons. The molecular weight excluding hydrogens is 326 g/mol. The first-order valence-electron chi connectivity index (χ1n) is 7.19. The standard InChI is InChI=1S/C15H15N7OS/c1-10-7-11(2)18-15(17-10)24-13-5-3-12(4-6-13)19-14(23)8-22-9-16-20-21-22/h3-7,9H,8H2,1-2H3,(H,19,23). The molecule has 0 aliphatic carbocycles. The molecular formula is C15H15N7OS. The van der Waals surface area contributed by atoms with Gasteiger partial charge in [-0.1, -0.05) is 0 Å². The zero-order chi connectivity index (χ0) is 16.9. The van der Waals surface area contributed by atoms with Gasteiger partial charge in [0.05, 0.1) is 0 Å². The molecule has 3 aromatic rings. The van der Waals surface area contributed by atoms with Crippen LogP contribution in [-0.4, -0.2) is 36.1 Å². The van der Waals surface area contributed by atoms with Gasteiger partial charge in [0.1, 0.15) is 12.9 Å².